The van der Waals surface area contributed by atoms with E-state index < -0.39 is 0 Å². The Labute approximate surface area is 141 Å². The van der Waals surface area contributed by atoms with E-state index in [1.54, 1.807) is 0 Å². The van der Waals surface area contributed by atoms with Crippen molar-refractivity contribution in [3.05, 3.63) is 71.9 Å². The average Bonchev–Trinajstić information content (AvgIpc) is 3.10. The number of nitrogens with one attached hydrogen (secondary N) is 1. The van der Waals surface area contributed by atoms with Crippen molar-refractivity contribution in [3.63, 3.8) is 0 Å². The summed E-state index contributed by atoms with van der Waals surface area (Å²) in [5.74, 6) is 1.08. The summed E-state index contributed by atoms with van der Waals surface area (Å²) in [7, 11) is 0. The molecular formula is C19H20N4O. The molecule has 0 aliphatic rings. The average molecular weight is 320 g/mol. The van der Waals surface area contributed by atoms with Gasteiger partial charge < -0.3 is 15.6 Å². The molecule has 5 nitrogen and oxygen atoms in total. The summed E-state index contributed by atoms with van der Waals surface area (Å²) in [6.45, 7) is 2.48. The van der Waals surface area contributed by atoms with Crippen LogP contribution in [0.3, 0.4) is 0 Å². The maximum Gasteiger partial charge on any atom is 0.193 e. The summed E-state index contributed by atoms with van der Waals surface area (Å²) < 4.78 is 5.35. The Kier molecular flexibility index (Phi) is 4.91. The van der Waals surface area contributed by atoms with Gasteiger partial charge in [0.05, 0.1) is 6.54 Å². The minimum absolute atomic E-state index is 0.354. The van der Waals surface area contributed by atoms with Gasteiger partial charge in [0.2, 0.25) is 0 Å². The number of rotatable bonds is 5. The molecule has 3 aromatic rings. The molecule has 2 aromatic carbocycles. The number of aliphatic imine (C=N–C) groups is 1. The molecule has 5 heteroatoms. The van der Waals surface area contributed by atoms with E-state index in [4.69, 9.17) is 10.3 Å². The van der Waals surface area contributed by atoms with Crippen LogP contribution >= 0.6 is 0 Å². The summed E-state index contributed by atoms with van der Waals surface area (Å²) in [4.78, 5) is 4.31. The van der Waals surface area contributed by atoms with Crippen LogP contribution in [0.4, 0.5) is 5.69 Å². The smallest absolute Gasteiger partial charge is 0.193 e. The van der Waals surface area contributed by atoms with Gasteiger partial charge >= 0.3 is 0 Å². The molecule has 0 saturated heterocycles. The van der Waals surface area contributed by atoms with E-state index in [0.717, 1.165) is 29.1 Å². The van der Waals surface area contributed by atoms with E-state index in [1.165, 1.54) is 5.56 Å². The van der Waals surface area contributed by atoms with Gasteiger partial charge in [-0.1, -0.05) is 54.5 Å². The van der Waals surface area contributed by atoms with Crippen LogP contribution in [0.5, 0.6) is 0 Å². The first-order valence-electron chi connectivity index (χ1n) is 7.91. The molecule has 0 radical (unpaired) electrons. The third-order valence-corrected chi connectivity index (χ3v) is 3.64. The van der Waals surface area contributed by atoms with Crippen LogP contribution in [-0.2, 0) is 13.0 Å². The third kappa shape index (κ3) is 4.01. The van der Waals surface area contributed by atoms with Crippen molar-refractivity contribution < 1.29 is 4.52 Å². The first kappa shape index (κ1) is 15.8. The van der Waals surface area contributed by atoms with Crippen LogP contribution in [0.2, 0.25) is 0 Å². The highest BCUT2D eigenvalue weighted by atomic mass is 16.5. The number of guanidine groups is 1. The number of hydrogen-bond acceptors (Lipinski definition) is 3. The first-order chi connectivity index (χ1) is 11.7. The van der Waals surface area contributed by atoms with Gasteiger partial charge in [-0.05, 0) is 24.1 Å². The van der Waals surface area contributed by atoms with Crippen LogP contribution in [0.1, 0.15) is 18.2 Å². The molecule has 0 amide bonds. The van der Waals surface area contributed by atoms with Gasteiger partial charge in [-0.25, -0.2) is 4.99 Å². The highest BCUT2D eigenvalue weighted by molar-refractivity contribution is 5.92. The summed E-state index contributed by atoms with van der Waals surface area (Å²) in [6, 6.07) is 19.8. The molecule has 24 heavy (non-hydrogen) atoms. The number of anilines is 1. The van der Waals surface area contributed by atoms with E-state index >= 15 is 0 Å². The van der Waals surface area contributed by atoms with Gasteiger partial charge in [-0.3, -0.25) is 0 Å². The Morgan fingerprint density at radius 1 is 1.12 bits per heavy atom. The molecule has 0 saturated carbocycles. The van der Waals surface area contributed by atoms with Crippen molar-refractivity contribution in [1.29, 1.82) is 0 Å². The fraction of sp³-hybridized carbons (Fsp3) is 0.158. The van der Waals surface area contributed by atoms with Crippen LogP contribution in [0, 0.1) is 0 Å². The van der Waals surface area contributed by atoms with Crippen molar-refractivity contribution in [2.45, 2.75) is 19.9 Å². The zero-order valence-corrected chi connectivity index (χ0v) is 13.6. The lowest BCUT2D eigenvalue weighted by molar-refractivity contribution is 0.424. The second-order valence-corrected chi connectivity index (χ2v) is 5.43. The second kappa shape index (κ2) is 7.46. The molecule has 0 bridgehead atoms. The van der Waals surface area contributed by atoms with Crippen molar-refractivity contribution in [2.75, 3.05) is 5.32 Å². The maximum atomic E-state index is 5.94. The quantitative estimate of drug-likeness (QED) is 0.553. The van der Waals surface area contributed by atoms with Crippen molar-refractivity contribution in [2.24, 2.45) is 10.7 Å². The molecule has 122 valence electrons. The van der Waals surface area contributed by atoms with E-state index in [1.807, 2.05) is 48.5 Å². The first-order valence-corrected chi connectivity index (χ1v) is 7.91. The van der Waals surface area contributed by atoms with E-state index in [2.05, 4.69) is 34.5 Å². The predicted octanol–water partition coefficient (Wildman–Crippen LogP) is 3.83. The topological polar surface area (TPSA) is 76.4 Å². The normalized spacial score (nSPS) is 11.5. The third-order valence-electron chi connectivity index (χ3n) is 3.64. The zero-order valence-electron chi connectivity index (χ0n) is 13.6. The number of nitrogens with two attached hydrogens (primary N) is 1. The lowest BCUT2D eigenvalue weighted by atomic mass is 10.1. The van der Waals surface area contributed by atoms with Crippen LogP contribution in [-0.4, -0.2) is 11.1 Å². The summed E-state index contributed by atoms with van der Waals surface area (Å²) >= 11 is 0. The number of aromatic nitrogens is 1. The fourth-order valence-electron chi connectivity index (χ4n) is 2.35. The van der Waals surface area contributed by atoms with Crippen LogP contribution in [0.15, 0.2) is 70.2 Å². The minimum Gasteiger partial charge on any atom is -0.370 e. The molecule has 1 aromatic heterocycles. The molecule has 0 fully saturated rings. The minimum atomic E-state index is 0.354. The van der Waals surface area contributed by atoms with E-state index in [9.17, 15) is 0 Å². The highest BCUT2D eigenvalue weighted by Crippen LogP contribution is 2.20. The molecule has 0 aliphatic carbocycles. The van der Waals surface area contributed by atoms with Gasteiger partial charge in [0.1, 0.15) is 5.69 Å². The van der Waals surface area contributed by atoms with Gasteiger partial charge in [0.15, 0.2) is 11.7 Å². The lowest BCUT2D eigenvalue weighted by Crippen LogP contribution is -2.22. The molecule has 0 spiro atoms. The molecule has 3 N–H and O–H groups in total. The van der Waals surface area contributed by atoms with Gasteiger partial charge in [0, 0.05) is 17.3 Å². The fourth-order valence-corrected chi connectivity index (χ4v) is 2.35. The molecule has 0 atom stereocenters. The standard InChI is InChI=1S/C19H20N4O/c1-2-14-7-6-10-16(11-14)22-19(20)21-13-17-12-18(24-23-17)15-8-4-3-5-9-15/h3-12H,2,13H2,1H3,(H3,20,21,22). The van der Waals surface area contributed by atoms with Crippen LogP contribution in [0.25, 0.3) is 11.3 Å². The number of nitrogens with zero attached hydrogens (tertiary/aromatic N) is 2. The predicted molar refractivity (Wildman–Crippen MR) is 96.7 cm³/mol. The monoisotopic (exact) mass is 320 g/mol. The molecule has 3 rings (SSSR count). The number of aryl methyl sites for hydroxylation is 1. The molecular weight excluding hydrogens is 300 g/mol. The molecule has 1 heterocycles. The van der Waals surface area contributed by atoms with E-state index in [0.29, 0.717) is 12.5 Å². The van der Waals surface area contributed by atoms with Crippen molar-refractivity contribution in [3.8, 4) is 11.3 Å². The van der Waals surface area contributed by atoms with Gasteiger partial charge in [0.25, 0.3) is 0 Å². The highest BCUT2D eigenvalue weighted by Gasteiger charge is 2.06. The summed E-state index contributed by atoms with van der Waals surface area (Å²) in [5, 5.41) is 7.13. The SMILES string of the molecule is CCc1cccc(NC(N)=NCc2cc(-c3ccccc3)on2)c1. The maximum absolute atomic E-state index is 5.94. The number of benzene rings is 2. The molecule has 0 unspecified atom stereocenters. The largest absolute Gasteiger partial charge is 0.370 e. The van der Waals surface area contributed by atoms with E-state index in [-0.39, 0.29) is 0 Å². The van der Waals surface area contributed by atoms with Gasteiger partial charge in [-0.2, -0.15) is 0 Å². The van der Waals surface area contributed by atoms with Crippen LogP contribution < -0.4 is 11.1 Å². The lowest BCUT2D eigenvalue weighted by Gasteiger charge is -2.06. The summed E-state index contributed by atoms with van der Waals surface area (Å²) in [6.07, 6.45) is 0.980. The van der Waals surface area contributed by atoms with Crippen molar-refractivity contribution in [1.82, 2.24) is 5.16 Å². The Morgan fingerprint density at radius 3 is 2.75 bits per heavy atom. The summed E-state index contributed by atoms with van der Waals surface area (Å²) in [5.41, 5.74) is 9.85. The second-order valence-electron chi connectivity index (χ2n) is 5.43. The number of hydrogen-bond donors (Lipinski definition) is 2. The van der Waals surface area contributed by atoms with Gasteiger partial charge in [-0.15, -0.1) is 0 Å². The Morgan fingerprint density at radius 2 is 1.96 bits per heavy atom. The zero-order chi connectivity index (χ0) is 16.8. The Balaban J connectivity index is 1.64. The van der Waals surface area contributed by atoms with Crippen molar-refractivity contribution >= 4 is 11.6 Å². The Bertz CT molecular complexity index is 824. The molecule has 0 aliphatic heterocycles. The Hall–Kier alpha value is -3.08.